The van der Waals surface area contributed by atoms with E-state index >= 15 is 0 Å². The Morgan fingerprint density at radius 2 is 1.48 bits per heavy atom. The van der Waals surface area contributed by atoms with E-state index in [9.17, 15) is 9.90 Å². The first-order chi connectivity index (χ1) is 13.8. The monoisotopic (exact) mass is 409 g/mol. The van der Waals surface area contributed by atoms with Crippen LogP contribution in [0.3, 0.4) is 0 Å². The first-order valence-corrected chi connectivity index (χ1v) is 9.72. The normalized spacial score (nSPS) is 11.8. The molecule has 150 valence electrons. The first-order valence-electron chi connectivity index (χ1n) is 9.32. The number of aromatic hydroxyl groups is 1. The van der Waals surface area contributed by atoms with Crippen LogP contribution in [0.2, 0.25) is 0 Å². The van der Waals surface area contributed by atoms with E-state index in [4.69, 9.17) is 12.2 Å². The minimum atomic E-state index is -0.403. The Labute approximate surface area is 175 Å². The molecule has 0 aliphatic carbocycles. The zero-order valence-corrected chi connectivity index (χ0v) is 17.6. The van der Waals surface area contributed by atoms with Crippen LogP contribution >= 0.6 is 12.2 Å². The van der Waals surface area contributed by atoms with E-state index in [0.717, 1.165) is 11.0 Å². The van der Waals surface area contributed by atoms with Crippen molar-refractivity contribution in [1.82, 2.24) is 9.13 Å². The third-order valence-corrected chi connectivity index (χ3v) is 4.78. The summed E-state index contributed by atoms with van der Waals surface area (Å²) in [5.41, 5.74) is 1.00. The summed E-state index contributed by atoms with van der Waals surface area (Å²) in [5, 5.41) is 10.9. The standard InChI is InChI=1S/C22H24N4O2S/c1-26(2,3)15-14-23-16-19-20(27)24(17-10-6-4-7-11-17)22(29)25(21(19)28)18-12-8-5-9-13-18/h4-13,16H,14-15H2,1-3H3/p+1. The van der Waals surface area contributed by atoms with Crippen molar-refractivity contribution < 1.29 is 9.59 Å². The van der Waals surface area contributed by atoms with Gasteiger partial charge in [-0.05, 0) is 36.5 Å². The Kier molecular flexibility index (Phi) is 6.10. The topological polar surface area (TPSA) is 59.5 Å². The second-order valence-corrected chi connectivity index (χ2v) is 8.08. The van der Waals surface area contributed by atoms with Gasteiger partial charge < -0.3 is 9.59 Å². The molecule has 0 radical (unpaired) electrons. The van der Waals surface area contributed by atoms with Gasteiger partial charge in [-0.2, -0.15) is 0 Å². The largest absolute Gasteiger partial charge is 0.494 e. The predicted molar refractivity (Wildman–Crippen MR) is 119 cm³/mol. The fraction of sp³-hybridized carbons (Fsp3) is 0.227. The summed E-state index contributed by atoms with van der Waals surface area (Å²) >= 11 is 5.59. The Morgan fingerprint density at radius 3 is 2.00 bits per heavy atom. The van der Waals surface area contributed by atoms with E-state index < -0.39 is 5.56 Å². The third-order valence-electron chi connectivity index (χ3n) is 4.42. The number of aromatic nitrogens is 2. The van der Waals surface area contributed by atoms with Gasteiger partial charge in [-0.1, -0.05) is 36.4 Å². The number of benzene rings is 2. The van der Waals surface area contributed by atoms with Crippen LogP contribution in [-0.4, -0.2) is 59.2 Å². The zero-order chi connectivity index (χ0) is 21.0. The van der Waals surface area contributed by atoms with Gasteiger partial charge in [0.2, 0.25) is 5.88 Å². The molecule has 0 bridgehead atoms. The maximum atomic E-state index is 13.2. The summed E-state index contributed by atoms with van der Waals surface area (Å²) in [4.78, 5) is 17.6. The van der Waals surface area contributed by atoms with Crippen molar-refractivity contribution in [3.8, 4) is 17.3 Å². The summed E-state index contributed by atoms with van der Waals surface area (Å²) < 4.78 is 3.86. The van der Waals surface area contributed by atoms with Crippen LogP contribution in [-0.2, 0) is 0 Å². The van der Waals surface area contributed by atoms with E-state index in [-0.39, 0.29) is 16.2 Å². The number of quaternary nitrogens is 1. The van der Waals surface area contributed by atoms with Gasteiger partial charge >= 0.3 is 0 Å². The molecule has 3 aromatic rings. The van der Waals surface area contributed by atoms with Gasteiger partial charge in [0.15, 0.2) is 4.77 Å². The third kappa shape index (κ3) is 4.70. The molecule has 0 unspecified atom stereocenters. The van der Waals surface area contributed by atoms with E-state index in [2.05, 4.69) is 26.1 Å². The zero-order valence-electron chi connectivity index (χ0n) is 16.8. The highest BCUT2D eigenvalue weighted by atomic mass is 32.1. The lowest BCUT2D eigenvalue weighted by atomic mass is 10.2. The van der Waals surface area contributed by atoms with Crippen LogP contribution in [0, 0.1) is 4.77 Å². The van der Waals surface area contributed by atoms with Crippen LogP contribution in [0.4, 0.5) is 0 Å². The number of likely N-dealkylation sites (N-methyl/N-ethyl adjacent to an activating group) is 1. The van der Waals surface area contributed by atoms with Gasteiger partial charge in [0, 0.05) is 6.21 Å². The van der Waals surface area contributed by atoms with Crippen LogP contribution in [0.1, 0.15) is 5.56 Å². The molecule has 6 nitrogen and oxygen atoms in total. The summed E-state index contributed by atoms with van der Waals surface area (Å²) in [7, 11) is 6.22. The number of hydrogen-bond acceptors (Lipinski definition) is 4. The van der Waals surface area contributed by atoms with Crippen molar-refractivity contribution in [1.29, 1.82) is 0 Å². The van der Waals surface area contributed by atoms with E-state index in [1.165, 1.54) is 15.3 Å². The summed E-state index contributed by atoms with van der Waals surface area (Å²) in [6, 6.07) is 18.4. The molecule has 7 heteroatoms. The average Bonchev–Trinajstić information content (AvgIpc) is 2.68. The van der Waals surface area contributed by atoms with Gasteiger partial charge in [-0.25, -0.2) is 0 Å². The van der Waals surface area contributed by atoms with Crippen molar-refractivity contribution >= 4 is 18.4 Å². The van der Waals surface area contributed by atoms with Crippen LogP contribution in [0.25, 0.3) is 11.4 Å². The number of aliphatic imine (C=N–C) groups is 1. The van der Waals surface area contributed by atoms with Crippen LogP contribution < -0.4 is 5.56 Å². The maximum absolute atomic E-state index is 13.2. The number of para-hydroxylation sites is 2. The Morgan fingerprint density at radius 1 is 0.966 bits per heavy atom. The van der Waals surface area contributed by atoms with Crippen molar-refractivity contribution in [3.05, 3.63) is 81.4 Å². The first kappa shape index (κ1) is 20.7. The molecule has 0 amide bonds. The SMILES string of the molecule is C[N+](C)(C)CCN=Cc1c(O)n(-c2ccccc2)c(=S)n(-c2ccccc2)c1=O. The Bertz CT molecular complexity index is 1130. The minimum absolute atomic E-state index is 0.104. The smallest absolute Gasteiger partial charge is 0.271 e. The lowest BCUT2D eigenvalue weighted by Crippen LogP contribution is -2.36. The lowest BCUT2D eigenvalue weighted by Gasteiger charge is -2.22. The molecule has 0 aliphatic heterocycles. The number of nitrogens with zero attached hydrogens (tertiary/aromatic N) is 4. The molecule has 0 atom stereocenters. The van der Waals surface area contributed by atoms with Crippen LogP contribution in [0.5, 0.6) is 5.88 Å². The number of rotatable bonds is 6. The highest BCUT2D eigenvalue weighted by molar-refractivity contribution is 7.71. The van der Waals surface area contributed by atoms with Crippen molar-refractivity contribution in [2.45, 2.75) is 0 Å². The minimum Gasteiger partial charge on any atom is -0.494 e. The molecule has 29 heavy (non-hydrogen) atoms. The highest BCUT2D eigenvalue weighted by Gasteiger charge is 2.18. The molecule has 1 heterocycles. The average molecular weight is 410 g/mol. The molecule has 3 rings (SSSR count). The summed E-state index contributed by atoms with van der Waals surface area (Å²) in [6.07, 6.45) is 1.45. The molecule has 1 N–H and O–H groups in total. The summed E-state index contributed by atoms with van der Waals surface area (Å²) in [5.74, 6) is -0.215. The van der Waals surface area contributed by atoms with Gasteiger partial charge in [-0.3, -0.25) is 18.9 Å². The van der Waals surface area contributed by atoms with Gasteiger partial charge in [0.25, 0.3) is 5.56 Å². The van der Waals surface area contributed by atoms with Crippen molar-refractivity contribution in [2.24, 2.45) is 4.99 Å². The second-order valence-electron chi connectivity index (χ2n) is 7.72. The molecule has 1 aromatic heterocycles. The molecule has 0 fully saturated rings. The molecular weight excluding hydrogens is 384 g/mol. The fourth-order valence-electron chi connectivity index (χ4n) is 2.86. The Balaban J connectivity index is 2.22. The Hall–Kier alpha value is -3.03. The van der Waals surface area contributed by atoms with Crippen molar-refractivity contribution in [2.75, 3.05) is 34.2 Å². The van der Waals surface area contributed by atoms with Gasteiger partial charge in [-0.15, -0.1) is 0 Å². The maximum Gasteiger partial charge on any atom is 0.271 e. The van der Waals surface area contributed by atoms with Crippen LogP contribution in [0.15, 0.2) is 70.5 Å². The molecule has 2 aromatic carbocycles. The van der Waals surface area contributed by atoms with Gasteiger partial charge in [0.1, 0.15) is 5.56 Å². The molecule has 0 saturated heterocycles. The quantitative estimate of drug-likeness (QED) is 0.386. The highest BCUT2D eigenvalue weighted by Crippen LogP contribution is 2.21. The van der Waals surface area contributed by atoms with Gasteiger partial charge in [0.05, 0.1) is 45.6 Å². The van der Waals surface area contributed by atoms with E-state index in [0.29, 0.717) is 17.9 Å². The number of hydrogen-bond donors (Lipinski definition) is 1. The molecule has 0 aliphatic rings. The van der Waals surface area contributed by atoms with E-state index in [1.54, 1.807) is 0 Å². The summed E-state index contributed by atoms with van der Waals surface area (Å²) in [6.45, 7) is 1.34. The lowest BCUT2D eigenvalue weighted by molar-refractivity contribution is -0.868. The predicted octanol–water partition coefficient (Wildman–Crippen LogP) is 3.19. The fourth-order valence-corrected chi connectivity index (χ4v) is 3.24. The van der Waals surface area contributed by atoms with Crippen molar-refractivity contribution in [3.63, 3.8) is 0 Å². The second kappa shape index (κ2) is 8.55. The van der Waals surface area contributed by atoms with E-state index in [1.807, 2.05) is 60.7 Å². The molecular formula is C22H25N4O2S+. The molecule has 0 saturated carbocycles. The molecule has 0 spiro atoms.